The van der Waals surface area contributed by atoms with E-state index in [1.54, 1.807) is 18.2 Å². The van der Waals surface area contributed by atoms with Crippen molar-refractivity contribution >= 4 is 52.1 Å². The first kappa shape index (κ1) is 14.6. The van der Waals surface area contributed by atoms with Gasteiger partial charge in [0.15, 0.2) is 5.11 Å². The molecule has 0 saturated heterocycles. The lowest BCUT2D eigenvalue weighted by Gasteiger charge is -2.13. The minimum Gasteiger partial charge on any atom is -0.332 e. The van der Waals surface area contributed by atoms with E-state index in [0.717, 1.165) is 25.7 Å². The fourth-order valence-corrected chi connectivity index (χ4v) is 2.65. The third-order valence-electron chi connectivity index (χ3n) is 3.14. The molecule has 0 bridgehead atoms. The number of hydrogen-bond donors (Lipinski definition) is 2. The Hall–Kier alpha value is -0.840. The van der Waals surface area contributed by atoms with Gasteiger partial charge in [0.2, 0.25) is 5.91 Å². The summed E-state index contributed by atoms with van der Waals surface area (Å²) in [4.78, 5) is 11.9. The Bertz CT molecular complexity index is 501. The van der Waals surface area contributed by atoms with Crippen LogP contribution in [0.3, 0.4) is 0 Å². The molecule has 1 aliphatic rings. The molecule has 0 atom stereocenters. The Morgan fingerprint density at radius 2 is 1.89 bits per heavy atom. The Morgan fingerprint density at radius 1 is 1.21 bits per heavy atom. The van der Waals surface area contributed by atoms with Crippen molar-refractivity contribution in [3.63, 3.8) is 0 Å². The second-order valence-electron chi connectivity index (χ2n) is 4.55. The summed E-state index contributed by atoms with van der Waals surface area (Å²) in [5, 5.41) is 6.84. The fourth-order valence-electron chi connectivity index (χ4n) is 2.14. The van der Waals surface area contributed by atoms with Crippen molar-refractivity contribution in [1.29, 1.82) is 0 Å². The van der Waals surface area contributed by atoms with Crippen LogP contribution in [-0.2, 0) is 4.79 Å². The average molecular weight is 317 g/mol. The monoisotopic (exact) mass is 316 g/mol. The number of rotatable bonds is 2. The minimum absolute atomic E-state index is 0.00457. The van der Waals surface area contributed by atoms with Crippen LogP contribution in [-0.4, -0.2) is 11.0 Å². The van der Waals surface area contributed by atoms with E-state index in [4.69, 9.17) is 35.4 Å². The SMILES string of the molecule is O=C(NC(=S)Nc1ccc(Cl)c(Cl)c1)C1CCCC1. The predicted molar refractivity (Wildman–Crippen MR) is 82.8 cm³/mol. The number of amides is 1. The lowest BCUT2D eigenvalue weighted by Crippen LogP contribution is -2.37. The van der Waals surface area contributed by atoms with E-state index in [9.17, 15) is 4.79 Å². The minimum atomic E-state index is -0.00457. The molecule has 2 rings (SSSR count). The number of carbonyl (C=O) groups is 1. The second kappa shape index (κ2) is 6.55. The molecule has 2 N–H and O–H groups in total. The summed E-state index contributed by atoms with van der Waals surface area (Å²) >= 11 is 16.8. The molecule has 0 unspecified atom stereocenters. The summed E-state index contributed by atoms with van der Waals surface area (Å²) in [5.74, 6) is 0.0867. The zero-order valence-corrected chi connectivity index (χ0v) is 12.5. The lowest BCUT2D eigenvalue weighted by molar-refractivity contribution is -0.123. The molecular weight excluding hydrogens is 303 g/mol. The van der Waals surface area contributed by atoms with E-state index in [2.05, 4.69) is 10.6 Å². The van der Waals surface area contributed by atoms with Gasteiger partial charge in [-0.25, -0.2) is 0 Å². The van der Waals surface area contributed by atoms with Gasteiger partial charge in [-0.2, -0.15) is 0 Å². The first-order valence-electron chi connectivity index (χ1n) is 6.13. The summed E-state index contributed by atoms with van der Waals surface area (Å²) in [7, 11) is 0. The van der Waals surface area contributed by atoms with Crippen molar-refractivity contribution in [3.8, 4) is 0 Å². The van der Waals surface area contributed by atoms with Gasteiger partial charge in [0.25, 0.3) is 0 Å². The lowest BCUT2D eigenvalue weighted by atomic mass is 10.1. The standard InChI is InChI=1S/C13H14Cl2N2OS/c14-10-6-5-9(7-11(10)15)16-13(19)17-12(18)8-3-1-2-4-8/h5-8H,1-4H2,(H2,16,17,18,19). The Kier molecular flexibility index (Phi) is 5.02. The molecule has 0 aliphatic heterocycles. The summed E-state index contributed by atoms with van der Waals surface area (Å²) in [5.41, 5.74) is 0.700. The van der Waals surface area contributed by atoms with Crippen molar-refractivity contribution in [2.75, 3.05) is 5.32 Å². The first-order chi connectivity index (χ1) is 9.06. The van der Waals surface area contributed by atoms with Gasteiger partial charge in [-0.3, -0.25) is 4.79 Å². The number of nitrogens with one attached hydrogen (secondary N) is 2. The van der Waals surface area contributed by atoms with Crippen LogP contribution >= 0.6 is 35.4 Å². The topological polar surface area (TPSA) is 41.1 Å². The van der Waals surface area contributed by atoms with Crippen LogP contribution in [0.15, 0.2) is 18.2 Å². The van der Waals surface area contributed by atoms with Gasteiger partial charge in [-0.15, -0.1) is 0 Å². The average Bonchev–Trinajstić information content (AvgIpc) is 2.87. The molecule has 0 heterocycles. The molecule has 1 saturated carbocycles. The number of carbonyl (C=O) groups excluding carboxylic acids is 1. The summed E-state index contributed by atoms with van der Waals surface area (Å²) in [6.45, 7) is 0. The van der Waals surface area contributed by atoms with Crippen LogP contribution in [0.5, 0.6) is 0 Å². The largest absolute Gasteiger partial charge is 0.332 e. The quantitative estimate of drug-likeness (QED) is 0.810. The Morgan fingerprint density at radius 3 is 2.53 bits per heavy atom. The van der Waals surface area contributed by atoms with Gasteiger partial charge in [-0.05, 0) is 43.3 Å². The Labute approximate surface area is 127 Å². The molecule has 0 aromatic heterocycles. The highest BCUT2D eigenvalue weighted by atomic mass is 35.5. The van der Waals surface area contributed by atoms with Crippen molar-refractivity contribution in [2.45, 2.75) is 25.7 Å². The fraction of sp³-hybridized carbons (Fsp3) is 0.385. The molecule has 1 aliphatic carbocycles. The van der Waals surface area contributed by atoms with Gasteiger partial charge in [0.05, 0.1) is 10.0 Å². The number of benzene rings is 1. The molecule has 0 spiro atoms. The Balaban J connectivity index is 1.89. The first-order valence-corrected chi connectivity index (χ1v) is 7.29. The maximum absolute atomic E-state index is 11.9. The van der Waals surface area contributed by atoms with Crippen molar-refractivity contribution < 1.29 is 4.79 Å². The number of hydrogen-bond acceptors (Lipinski definition) is 2. The van der Waals surface area contributed by atoms with Crippen LogP contribution in [0, 0.1) is 5.92 Å². The normalized spacial score (nSPS) is 15.3. The van der Waals surface area contributed by atoms with E-state index < -0.39 is 0 Å². The molecule has 0 radical (unpaired) electrons. The van der Waals surface area contributed by atoms with Crippen LogP contribution in [0.25, 0.3) is 0 Å². The van der Waals surface area contributed by atoms with E-state index in [1.165, 1.54) is 0 Å². The number of thiocarbonyl (C=S) groups is 1. The third-order valence-corrected chi connectivity index (χ3v) is 4.08. The van der Waals surface area contributed by atoms with Gasteiger partial charge in [0.1, 0.15) is 0 Å². The molecule has 19 heavy (non-hydrogen) atoms. The van der Waals surface area contributed by atoms with Crippen LogP contribution in [0.2, 0.25) is 10.0 Å². The van der Waals surface area contributed by atoms with Gasteiger partial charge < -0.3 is 10.6 Å². The van der Waals surface area contributed by atoms with Gasteiger partial charge in [-0.1, -0.05) is 36.0 Å². The molecular formula is C13H14Cl2N2OS. The molecule has 3 nitrogen and oxygen atoms in total. The molecule has 1 aromatic carbocycles. The highest BCUT2D eigenvalue weighted by Crippen LogP contribution is 2.26. The van der Waals surface area contributed by atoms with Gasteiger partial charge >= 0.3 is 0 Å². The smallest absolute Gasteiger partial charge is 0.229 e. The summed E-state index contributed by atoms with van der Waals surface area (Å²) < 4.78 is 0. The van der Waals surface area contributed by atoms with Crippen LogP contribution in [0.1, 0.15) is 25.7 Å². The number of anilines is 1. The van der Waals surface area contributed by atoms with Crippen molar-refractivity contribution in [2.24, 2.45) is 5.92 Å². The summed E-state index contributed by atoms with van der Waals surface area (Å²) in [6.07, 6.45) is 4.12. The zero-order valence-electron chi connectivity index (χ0n) is 10.2. The van der Waals surface area contributed by atoms with E-state index in [1.807, 2.05) is 0 Å². The second-order valence-corrected chi connectivity index (χ2v) is 5.78. The third kappa shape index (κ3) is 4.06. The highest BCUT2D eigenvalue weighted by molar-refractivity contribution is 7.80. The van der Waals surface area contributed by atoms with E-state index in [0.29, 0.717) is 15.7 Å². The van der Waals surface area contributed by atoms with Gasteiger partial charge in [0, 0.05) is 11.6 Å². The molecule has 6 heteroatoms. The maximum atomic E-state index is 11.9. The highest BCUT2D eigenvalue weighted by Gasteiger charge is 2.23. The zero-order chi connectivity index (χ0) is 13.8. The molecule has 102 valence electrons. The van der Waals surface area contributed by atoms with Crippen LogP contribution < -0.4 is 10.6 Å². The predicted octanol–water partition coefficient (Wildman–Crippen LogP) is 4.00. The van der Waals surface area contributed by atoms with Crippen molar-refractivity contribution in [1.82, 2.24) is 5.32 Å². The van der Waals surface area contributed by atoms with Crippen LogP contribution in [0.4, 0.5) is 5.69 Å². The molecule has 1 amide bonds. The van der Waals surface area contributed by atoms with E-state index in [-0.39, 0.29) is 16.9 Å². The van der Waals surface area contributed by atoms with Crippen molar-refractivity contribution in [3.05, 3.63) is 28.2 Å². The van der Waals surface area contributed by atoms with E-state index >= 15 is 0 Å². The molecule has 1 fully saturated rings. The molecule has 1 aromatic rings. The number of halogens is 2. The summed E-state index contributed by atoms with van der Waals surface area (Å²) in [6, 6.07) is 5.09. The maximum Gasteiger partial charge on any atom is 0.229 e.